The lowest BCUT2D eigenvalue weighted by molar-refractivity contribution is -0.121. The van der Waals surface area contributed by atoms with E-state index in [-0.39, 0.29) is 5.91 Å². The van der Waals surface area contributed by atoms with Gasteiger partial charge in [-0.3, -0.25) is 9.69 Å². The number of ether oxygens (including phenoxy) is 1. The Labute approximate surface area is 170 Å². The fourth-order valence-corrected chi connectivity index (χ4v) is 3.71. The Morgan fingerprint density at radius 2 is 1.85 bits per heavy atom. The minimum absolute atomic E-state index is 0.0730. The monoisotopic (exact) mass is 430 g/mol. The molecule has 0 saturated carbocycles. The standard InChI is InChI=1S/C22H27BrN2O2/c23-20-9-5-10-21(15-20)27-14-6-11-22(26)24-16-18-7-1-2-8-19(18)17-25-12-3-4-13-25/h1-2,5,7-10,15H,3-4,6,11-14,16-17H2,(H,24,26). The molecule has 0 radical (unpaired) electrons. The zero-order chi connectivity index (χ0) is 18.9. The molecule has 1 amide bonds. The molecule has 0 aromatic heterocycles. The molecule has 4 nitrogen and oxygen atoms in total. The van der Waals surface area contributed by atoms with Crippen LogP contribution in [0.5, 0.6) is 5.75 Å². The van der Waals surface area contributed by atoms with Crippen molar-refractivity contribution in [3.8, 4) is 5.75 Å². The van der Waals surface area contributed by atoms with Crippen molar-refractivity contribution in [3.63, 3.8) is 0 Å². The lowest BCUT2D eigenvalue weighted by Crippen LogP contribution is -2.25. The second-order valence-electron chi connectivity index (χ2n) is 6.94. The first-order chi connectivity index (χ1) is 13.2. The number of benzene rings is 2. The first-order valence-electron chi connectivity index (χ1n) is 9.65. The number of hydrogen-bond donors (Lipinski definition) is 1. The number of halogens is 1. The third kappa shape index (κ3) is 6.67. The van der Waals surface area contributed by atoms with E-state index in [1.807, 2.05) is 30.3 Å². The highest BCUT2D eigenvalue weighted by molar-refractivity contribution is 9.10. The van der Waals surface area contributed by atoms with Crippen LogP contribution < -0.4 is 10.1 Å². The number of hydrogen-bond acceptors (Lipinski definition) is 3. The molecule has 0 atom stereocenters. The number of rotatable bonds is 9. The molecule has 5 heteroatoms. The van der Waals surface area contributed by atoms with E-state index >= 15 is 0 Å². The van der Waals surface area contributed by atoms with Crippen LogP contribution in [0.4, 0.5) is 0 Å². The molecule has 2 aromatic rings. The first kappa shape index (κ1) is 19.9. The summed E-state index contributed by atoms with van der Waals surface area (Å²) in [5.41, 5.74) is 2.53. The first-order valence-corrected chi connectivity index (χ1v) is 10.4. The average molecular weight is 431 g/mol. The van der Waals surface area contributed by atoms with E-state index in [0.717, 1.165) is 16.8 Å². The Hall–Kier alpha value is -1.85. The smallest absolute Gasteiger partial charge is 0.220 e. The lowest BCUT2D eigenvalue weighted by atomic mass is 10.1. The molecule has 0 unspecified atom stereocenters. The van der Waals surface area contributed by atoms with Gasteiger partial charge in [0, 0.05) is 24.0 Å². The Balaban J connectivity index is 1.38. The van der Waals surface area contributed by atoms with Gasteiger partial charge >= 0.3 is 0 Å². The second-order valence-corrected chi connectivity index (χ2v) is 7.85. The average Bonchev–Trinajstić information content (AvgIpc) is 3.18. The molecule has 27 heavy (non-hydrogen) atoms. The van der Waals surface area contributed by atoms with Crippen LogP contribution in [0.15, 0.2) is 53.0 Å². The van der Waals surface area contributed by atoms with Gasteiger partial charge in [0.15, 0.2) is 0 Å². The highest BCUT2D eigenvalue weighted by atomic mass is 79.9. The fraction of sp³-hybridized carbons (Fsp3) is 0.409. The van der Waals surface area contributed by atoms with Crippen molar-refractivity contribution in [1.82, 2.24) is 10.2 Å². The lowest BCUT2D eigenvalue weighted by Gasteiger charge is -2.17. The molecule has 0 spiro atoms. The molecule has 0 aliphatic carbocycles. The van der Waals surface area contributed by atoms with E-state index in [0.29, 0.717) is 26.0 Å². The van der Waals surface area contributed by atoms with E-state index < -0.39 is 0 Å². The maximum atomic E-state index is 12.2. The number of nitrogens with one attached hydrogen (secondary N) is 1. The molecule has 1 saturated heterocycles. The number of carbonyl (C=O) groups excluding carboxylic acids is 1. The number of amides is 1. The molecule has 1 aliphatic rings. The van der Waals surface area contributed by atoms with E-state index in [4.69, 9.17) is 4.74 Å². The van der Waals surface area contributed by atoms with Crippen molar-refractivity contribution in [2.45, 2.75) is 38.8 Å². The molecular weight excluding hydrogens is 404 g/mol. The Bertz CT molecular complexity index is 745. The quantitative estimate of drug-likeness (QED) is 0.594. The summed E-state index contributed by atoms with van der Waals surface area (Å²) in [4.78, 5) is 14.6. The zero-order valence-corrected chi connectivity index (χ0v) is 17.2. The van der Waals surface area contributed by atoms with Crippen molar-refractivity contribution >= 4 is 21.8 Å². The van der Waals surface area contributed by atoms with Crippen molar-refractivity contribution in [3.05, 3.63) is 64.1 Å². The van der Waals surface area contributed by atoms with Gasteiger partial charge in [0.2, 0.25) is 5.91 Å². The van der Waals surface area contributed by atoms with Crippen molar-refractivity contribution in [1.29, 1.82) is 0 Å². The summed E-state index contributed by atoms with van der Waals surface area (Å²) in [7, 11) is 0. The van der Waals surface area contributed by atoms with Crippen molar-refractivity contribution in [2.75, 3.05) is 19.7 Å². The third-order valence-corrected chi connectivity index (χ3v) is 5.29. The normalized spacial score (nSPS) is 14.3. The fourth-order valence-electron chi connectivity index (χ4n) is 3.33. The van der Waals surface area contributed by atoms with Crippen molar-refractivity contribution in [2.24, 2.45) is 0 Å². The van der Waals surface area contributed by atoms with Crippen molar-refractivity contribution < 1.29 is 9.53 Å². The van der Waals surface area contributed by atoms with Gasteiger partial charge in [-0.2, -0.15) is 0 Å². The van der Waals surface area contributed by atoms with E-state index in [1.54, 1.807) is 0 Å². The SMILES string of the molecule is O=C(CCCOc1cccc(Br)c1)NCc1ccccc1CN1CCCC1. The predicted octanol–water partition coefficient (Wildman–Crippen LogP) is 4.52. The number of carbonyl (C=O) groups is 1. The maximum Gasteiger partial charge on any atom is 0.220 e. The van der Waals surface area contributed by atoms with Gasteiger partial charge in [0.25, 0.3) is 0 Å². The molecule has 1 aliphatic heterocycles. The van der Waals surface area contributed by atoms with Gasteiger partial charge in [-0.25, -0.2) is 0 Å². The van der Waals surface area contributed by atoms with E-state index in [2.05, 4.69) is 44.3 Å². The summed E-state index contributed by atoms with van der Waals surface area (Å²) >= 11 is 3.42. The molecule has 1 fully saturated rings. The second kappa shape index (κ2) is 10.5. The maximum absolute atomic E-state index is 12.2. The van der Waals surface area contributed by atoms with Crippen LogP contribution in [0.2, 0.25) is 0 Å². The molecule has 2 aromatic carbocycles. The third-order valence-electron chi connectivity index (χ3n) is 4.80. The molecular formula is C22H27BrN2O2. The van der Waals surface area contributed by atoms with E-state index in [1.165, 1.54) is 37.1 Å². The number of nitrogens with zero attached hydrogens (tertiary/aromatic N) is 1. The minimum Gasteiger partial charge on any atom is -0.494 e. The molecule has 0 bridgehead atoms. The number of likely N-dealkylation sites (tertiary alicyclic amines) is 1. The molecule has 1 N–H and O–H groups in total. The van der Waals surface area contributed by atoms with Gasteiger partial charge in [0.05, 0.1) is 6.61 Å². The van der Waals surface area contributed by atoms with Gasteiger partial charge in [-0.15, -0.1) is 0 Å². The summed E-state index contributed by atoms with van der Waals surface area (Å²) in [5, 5.41) is 3.05. The summed E-state index contributed by atoms with van der Waals surface area (Å²) in [5.74, 6) is 0.893. The van der Waals surface area contributed by atoms with Crippen LogP contribution in [-0.2, 0) is 17.9 Å². The Morgan fingerprint density at radius 3 is 2.63 bits per heavy atom. The topological polar surface area (TPSA) is 41.6 Å². The summed E-state index contributed by atoms with van der Waals surface area (Å²) < 4.78 is 6.67. The van der Waals surface area contributed by atoms with Crippen LogP contribution in [-0.4, -0.2) is 30.5 Å². The summed E-state index contributed by atoms with van der Waals surface area (Å²) in [6, 6.07) is 16.2. The van der Waals surface area contributed by atoms with Gasteiger partial charge in [-0.05, 0) is 61.7 Å². The minimum atomic E-state index is 0.0730. The largest absolute Gasteiger partial charge is 0.494 e. The highest BCUT2D eigenvalue weighted by Gasteiger charge is 2.13. The predicted molar refractivity (Wildman–Crippen MR) is 112 cm³/mol. The summed E-state index contributed by atoms with van der Waals surface area (Å²) in [6.07, 6.45) is 3.76. The zero-order valence-electron chi connectivity index (χ0n) is 15.6. The van der Waals surface area contributed by atoms with Crippen LogP contribution in [0, 0.1) is 0 Å². The molecule has 1 heterocycles. The van der Waals surface area contributed by atoms with Gasteiger partial charge in [0.1, 0.15) is 5.75 Å². The van der Waals surface area contributed by atoms with Crippen LogP contribution in [0.25, 0.3) is 0 Å². The molecule has 3 rings (SSSR count). The Kier molecular flexibility index (Phi) is 7.72. The van der Waals surface area contributed by atoms with Crippen LogP contribution in [0.3, 0.4) is 0 Å². The van der Waals surface area contributed by atoms with Crippen LogP contribution in [0.1, 0.15) is 36.8 Å². The van der Waals surface area contributed by atoms with E-state index in [9.17, 15) is 4.79 Å². The highest BCUT2D eigenvalue weighted by Crippen LogP contribution is 2.18. The van der Waals surface area contributed by atoms with Crippen LogP contribution >= 0.6 is 15.9 Å². The molecule has 144 valence electrons. The summed E-state index contributed by atoms with van der Waals surface area (Å²) in [6.45, 7) is 4.47. The Morgan fingerprint density at radius 1 is 1.07 bits per heavy atom. The van der Waals surface area contributed by atoms with Gasteiger partial charge in [-0.1, -0.05) is 46.3 Å². The van der Waals surface area contributed by atoms with Gasteiger partial charge < -0.3 is 10.1 Å².